The summed E-state index contributed by atoms with van der Waals surface area (Å²) >= 11 is 0. The van der Waals surface area contributed by atoms with E-state index in [1.54, 1.807) is 0 Å². The molecule has 2 aromatic rings. The van der Waals surface area contributed by atoms with E-state index in [-0.39, 0.29) is 17.6 Å². The molecule has 0 spiro atoms. The Bertz CT molecular complexity index is 718. The molecule has 0 saturated carbocycles. The fourth-order valence-electron chi connectivity index (χ4n) is 3.84. The summed E-state index contributed by atoms with van der Waals surface area (Å²) < 4.78 is 17.3. The summed E-state index contributed by atoms with van der Waals surface area (Å²) in [6.45, 7) is 3.97. The Kier molecular flexibility index (Phi) is 4.21. The molecule has 25 heavy (non-hydrogen) atoms. The van der Waals surface area contributed by atoms with Crippen molar-refractivity contribution in [3.63, 3.8) is 0 Å². The number of hydrogen-bond acceptors (Lipinski definition) is 5. The van der Waals surface area contributed by atoms with Gasteiger partial charge in [0.05, 0.1) is 12.3 Å². The Morgan fingerprint density at radius 1 is 1.40 bits per heavy atom. The van der Waals surface area contributed by atoms with E-state index in [0.29, 0.717) is 31.4 Å². The summed E-state index contributed by atoms with van der Waals surface area (Å²) in [4.78, 5) is 18.1. The fourth-order valence-corrected chi connectivity index (χ4v) is 3.84. The molecule has 0 bridgehead atoms. The summed E-state index contributed by atoms with van der Waals surface area (Å²) in [6.07, 6.45) is 4.66. The first-order valence-electron chi connectivity index (χ1n) is 8.66. The fraction of sp³-hybridized carbons (Fsp3) is 0.474. The second-order valence-electron chi connectivity index (χ2n) is 7.08. The lowest BCUT2D eigenvalue weighted by Gasteiger charge is -2.33. The van der Waals surface area contributed by atoms with E-state index in [1.165, 1.54) is 12.6 Å². The lowest BCUT2D eigenvalue weighted by atomic mass is 9.89. The molecular weight excluding hydrogens is 320 g/mol. The van der Waals surface area contributed by atoms with Crippen LogP contribution in [0.15, 0.2) is 47.3 Å². The highest BCUT2D eigenvalue weighted by atomic mass is 16.6. The van der Waals surface area contributed by atoms with Gasteiger partial charge in [0.25, 0.3) is 5.91 Å². The van der Waals surface area contributed by atoms with Gasteiger partial charge in [-0.25, -0.2) is 4.98 Å². The maximum Gasteiger partial charge on any atom is 0.291 e. The molecule has 2 saturated heterocycles. The summed E-state index contributed by atoms with van der Waals surface area (Å²) in [6, 6.07) is 9.78. The molecule has 2 fully saturated rings. The van der Waals surface area contributed by atoms with Gasteiger partial charge in [0.1, 0.15) is 18.0 Å². The van der Waals surface area contributed by atoms with Crippen LogP contribution in [0.25, 0.3) is 0 Å². The third-order valence-electron chi connectivity index (χ3n) is 5.01. The predicted molar refractivity (Wildman–Crippen MR) is 90.3 cm³/mol. The Labute approximate surface area is 146 Å². The van der Waals surface area contributed by atoms with Crippen molar-refractivity contribution in [3.05, 3.63) is 48.7 Å². The van der Waals surface area contributed by atoms with Crippen LogP contribution in [-0.4, -0.2) is 47.2 Å². The first-order chi connectivity index (χ1) is 12.1. The molecule has 3 heterocycles. The van der Waals surface area contributed by atoms with E-state index in [1.807, 2.05) is 35.2 Å². The van der Waals surface area contributed by atoms with Gasteiger partial charge in [0.15, 0.2) is 6.39 Å². The number of fused-ring (bicyclic) bond motifs is 1. The summed E-state index contributed by atoms with van der Waals surface area (Å²) in [5.74, 6) is 1.38. The highest BCUT2D eigenvalue weighted by Crippen LogP contribution is 2.39. The smallest absolute Gasteiger partial charge is 0.291 e. The number of likely N-dealkylation sites (tertiary alicyclic amines) is 1. The van der Waals surface area contributed by atoms with Gasteiger partial charge in [-0.1, -0.05) is 18.2 Å². The van der Waals surface area contributed by atoms with E-state index < -0.39 is 0 Å². The molecule has 0 aliphatic carbocycles. The van der Waals surface area contributed by atoms with Gasteiger partial charge in [0.2, 0.25) is 5.76 Å². The van der Waals surface area contributed by atoms with Gasteiger partial charge in [-0.3, -0.25) is 4.79 Å². The molecule has 3 atom stereocenters. The van der Waals surface area contributed by atoms with E-state index >= 15 is 0 Å². The maximum atomic E-state index is 12.4. The zero-order chi connectivity index (χ0) is 17.3. The van der Waals surface area contributed by atoms with Crippen molar-refractivity contribution in [2.45, 2.75) is 31.5 Å². The van der Waals surface area contributed by atoms with E-state index in [2.05, 4.69) is 11.9 Å². The highest BCUT2D eigenvalue weighted by molar-refractivity contribution is 5.91. The molecule has 132 valence electrons. The van der Waals surface area contributed by atoms with E-state index in [4.69, 9.17) is 13.9 Å². The van der Waals surface area contributed by atoms with Gasteiger partial charge in [-0.2, -0.15) is 0 Å². The van der Waals surface area contributed by atoms with E-state index in [0.717, 1.165) is 18.6 Å². The van der Waals surface area contributed by atoms with Gasteiger partial charge >= 0.3 is 0 Å². The van der Waals surface area contributed by atoms with Crippen LogP contribution in [0.4, 0.5) is 0 Å². The second kappa shape index (κ2) is 6.52. The molecule has 6 nitrogen and oxygen atoms in total. The number of piperidine rings is 1. The molecule has 0 unspecified atom stereocenters. The lowest BCUT2D eigenvalue weighted by molar-refractivity contribution is -0.0675. The van der Waals surface area contributed by atoms with Crippen LogP contribution in [0.2, 0.25) is 0 Å². The molecular formula is C19H22N2O4. The van der Waals surface area contributed by atoms with Gasteiger partial charge in [0, 0.05) is 19.0 Å². The number of aromatic nitrogens is 1. The Balaban J connectivity index is 1.37. The quantitative estimate of drug-likeness (QED) is 0.855. The molecule has 0 radical (unpaired) electrons. The van der Waals surface area contributed by atoms with Crippen molar-refractivity contribution in [3.8, 4) is 5.75 Å². The van der Waals surface area contributed by atoms with Crippen molar-refractivity contribution in [1.82, 2.24) is 9.88 Å². The largest absolute Gasteiger partial charge is 0.491 e. The number of ether oxygens (including phenoxy) is 2. The zero-order valence-electron chi connectivity index (χ0n) is 14.3. The van der Waals surface area contributed by atoms with Crippen LogP contribution in [0, 0.1) is 5.92 Å². The molecule has 1 amide bonds. The molecule has 2 aliphatic heterocycles. The molecule has 0 N–H and O–H groups in total. The Hall–Kier alpha value is -2.34. The minimum absolute atomic E-state index is 0.0925. The monoisotopic (exact) mass is 342 g/mol. The van der Waals surface area contributed by atoms with Crippen molar-refractivity contribution >= 4 is 5.91 Å². The number of para-hydroxylation sites is 1. The molecule has 6 heteroatoms. The standard InChI is InChI=1S/C19H22N2O4/c1-19(12-23-15-5-3-2-4-6-15)9-14-11-21(8-7-16(14)25-19)18(22)17-10-20-13-24-17/h2-6,10,13-14,16H,7-9,11-12H2,1H3/t14-,16+,19-/m1/s1. The summed E-state index contributed by atoms with van der Waals surface area (Å²) in [5, 5.41) is 0. The number of amides is 1. The van der Waals surface area contributed by atoms with Crippen molar-refractivity contribution < 1.29 is 18.7 Å². The number of carbonyl (C=O) groups excluding carboxylic acids is 1. The number of hydrogen-bond donors (Lipinski definition) is 0. The number of benzene rings is 1. The maximum absolute atomic E-state index is 12.4. The van der Waals surface area contributed by atoms with Gasteiger partial charge in [-0.15, -0.1) is 0 Å². The second-order valence-corrected chi connectivity index (χ2v) is 7.08. The first-order valence-corrected chi connectivity index (χ1v) is 8.66. The number of rotatable bonds is 4. The third-order valence-corrected chi connectivity index (χ3v) is 5.01. The number of carbonyl (C=O) groups is 1. The van der Waals surface area contributed by atoms with Crippen molar-refractivity contribution in [2.75, 3.05) is 19.7 Å². The van der Waals surface area contributed by atoms with Crippen molar-refractivity contribution in [1.29, 1.82) is 0 Å². The van der Waals surface area contributed by atoms with Crippen LogP contribution in [0.1, 0.15) is 30.3 Å². The van der Waals surface area contributed by atoms with Crippen LogP contribution < -0.4 is 4.74 Å². The third kappa shape index (κ3) is 3.39. The molecule has 1 aromatic heterocycles. The average molecular weight is 342 g/mol. The van der Waals surface area contributed by atoms with E-state index in [9.17, 15) is 4.79 Å². The first kappa shape index (κ1) is 16.1. The zero-order valence-corrected chi connectivity index (χ0v) is 14.3. The van der Waals surface area contributed by atoms with Crippen LogP contribution in [-0.2, 0) is 4.74 Å². The summed E-state index contributed by atoms with van der Waals surface area (Å²) in [7, 11) is 0. The minimum Gasteiger partial charge on any atom is -0.491 e. The SMILES string of the molecule is C[C@]1(COc2ccccc2)C[C@@H]2CN(C(=O)c3cnco3)CC[C@@H]2O1. The topological polar surface area (TPSA) is 64.8 Å². The Morgan fingerprint density at radius 2 is 2.24 bits per heavy atom. The van der Waals surface area contributed by atoms with Crippen LogP contribution in [0.5, 0.6) is 5.75 Å². The summed E-state index contributed by atoms with van der Waals surface area (Å²) in [5.41, 5.74) is -0.323. The van der Waals surface area contributed by atoms with Crippen LogP contribution >= 0.6 is 0 Å². The van der Waals surface area contributed by atoms with Gasteiger partial charge < -0.3 is 18.8 Å². The predicted octanol–water partition coefficient (Wildman–Crippen LogP) is 2.76. The Morgan fingerprint density at radius 3 is 3.00 bits per heavy atom. The van der Waals surface area contributed by atoms with Gasteiger partial charge in [-0.05, 0) is 31.9 Å². The normalized spacial score (nSPS) is 28.6. The van der Waals surface area contributed by atoms with Crippen molar-refractivity contribution in [2.24, 2.45) is 5.92 Å². The van der Waals surface area contributed by atoms with Crippen LogP contribution in [0.3, 0.4) is 0 Å². The molecule has 4 rings (SSSR count). The molecule has 1 aromatic carbocycles. The highest BCUT2D eigenvalue weighted by Gasteiger charge is 2.47. The number of oxazole rings is 1. The number of nitrogens with zero attached hydrogens (tertiary/aromatic N) is 2. The minimum atomic E-state index is -0.323. The molecule has 2 aliphatic rings. The lowest BCUT2D eigenvalue weighted by Crippen LogP contribution is -2.44. The average Bonchev–Trinajstić information content (AvgIpc) is 3.27.